The summed E-state index contributed by atoms with van der Waals surface area (Å²) in [4.78, 5) is 16.8. The molecule has 0 aromatic carbocycles. The average Bonchev–Trinajstić information content (AvgIpc) is 3.13. The fraction of sp³-hybridized carbons (Fsp3) is 0.667. The van der Waals surface area contributed by atoms with Gasteiger partial charge in [0.1, 0.15) is 5.75 Å². The van der Waals surface area contributed by atoms with E-state index in [9.17, 15) is 4.79 Å². The van der Waals surface area contributed by atoms with Crippen LogP contribution in [0.2, 0.25) is 0 Å². The third-order valence-corrected chi connectivity index (χ3v) is 5.78. The number of carbonyl (C=O) groups is 1. The van der Waals surface area contributed by atoms with Gasteiger partial charge < -0.3 is 15.4 Å². The molecule has 5 heteroatoms. The first kappa shape index (κ1) is 14.9. The molecule has 124 valence electrons. The van der Waals surface area contributed by atoms with Crippen molar-refractivity contribution in [3.8, 4) is 5.75 Å². The average molecular weight is 315 g/mol. The molecule has 1 aromatic heterocycles. The molecule has 23 heavy (non-hydrogen) atoms. The monoisotopic (exact) mass is 315 g/mol. The van der Waals surface area contributed by atoms with Crippen LogP contribution >= 0.6 is 0 Å². The molecule has 0 radical (unpaired) electrons. The maximum absolute atomic E-state index is 12.5. The van der Waals surface area contributed by atoms with E-state index in [1.807, 2.05) is 19.1 Å². The van der Waals surface area contributed by atoms with Crippen molar-refractivity contribution in [2.75, 3.05) is 13.1 Å². The zero-order valence-corrected chi connectivity index (χ0v) is 13.7. The van der Waals surface area contributed by atoms with Crippen LogP contribution in [0.25, 0.3) is 0 Å². The van der Waals surface area contributed by atoms with Gasteiger partial charge in [-0.1, -0.05) is 0 Å². The Labute approximate surface area is 137 Å². The molecular formula is C18H25N3O2. The van der Waals surface area contributed by atoms with Gasteiger partial charge in [-0.25, -0.2) is 0 Å². The molecule has 2 N–H and O–H groups in total. The Morgan fingerprint density at radius 3 is 2.87 bits per heavy atom. The summed E-state index contributed by atoms with van der Waals surface area (Å²) in [5.41, 5.74) is 0.871. The van der Waals surface area contributed by atoms with E-state index in [4.69, 9.17) is 4.74 Å². The van der Waals surface area contributed by atoms with Crippen LogP contribution in [-0.4, -0.2) is 36.1 Å². The van der Waals surface area contributed by atoms with E-state index < -0.39 is 0 Å². The Kier molecular flexibility index (Phi) is 3.76. The normalized spacial score (nSPS) is 35.4. The molecule has 1 saturated heterocycles. The van der Waals surface area contributed by atoms with Crippen molar-refractivity contribution in [1.29, 1.82) is 0 Å². The third kappa shape index (κ3) is 2.82. The number of pyridine rings is 1. The largest absolute Gasteiger partial charge is 0.489 e. The minimum atomic E-state index is -0.0693. The standard InChI is InChI=1S/C18H25N3O2/c1-12-16(3-2-8-20-12)23-15-6-4-14(5-7-15)21-17(22)18-9-13(18)10-19-11-18/h2-3,8,13-15,19H,4-7,9-11H2,1H3,(H,21,22)/t13-,14?,15?,18-/m0/s1. The number of amides is 1. The van der Waals surface area contributed by atoms with Crippen LogP contribution in [0.15, 0.2) is 18.3 Å². The number of aryl methyl sites for hydroxylation is 1. The first-order chi connectivity index (χ1) is 11.2. The molecule has 2 heterocycles. The predicted octanol–water partition coefficient (Wildman–Crippen LogP) is 1.81. The molecule has 5 nitrogen and oxygen atoms in total. The van der Waals surface area contributed by atoms with Gasteiger partial charge in [-0.2, -0.15) is 0 Å². The second-order valence-electron chi connectivity index (χ2n) is 7.34. The van der Waals surface area contributed by atoms with Gasteiger partial charge >= 0.3 is 0 Å². The van der Waals surface area contributed by atoms with E-state index in [-0.39, 0.29) is 17.4 Å². The Hall–Kier alpha value is -1.62. The molecule has 0 bridgehead atoms. The number of nitrogens with zero attached hydrogens (tertiary/aromatic N) is 1. The van der Waals surface area contributed by atoms with Gasteiger partial charge in [-0.05, 0) is 63.6 Å². The number of rotatable bonds is 4. The molecule has 1 amide bonds. The van der Waals surface area contributed by atoms with Crippen molar-refractivity contribution in [3.63, 3.8) is 0 Å². The summed E-state index contributed by atoms with van der Waals surface area (Å²) in [6, 6.07) is 4.21. The van der Waals surface area contributed by atoms with Gasteiger partial charge in [0.05, 0.1) is 17.2 Å². The highest BCUT2D eigenvalue weighted by molar-refractivity contribution is 5.87. The summed E-state index contributed by atoms with van der Waals surface area (Å²) in [5.74, 6) is 1.74. The van der Waals surface area contributed by atoms with Crippen LogP contribution in [0.4, 0.5) is 0 Å². The topological polar surface area (TPSA) is 63.2 Å². The first-order valence-electron chi connectivity index (χ1n) is 8.77. The van der Waals surface area contributed by atoms with Gasteiger partial charge in [0, 0.05) is 18.8 Å². The minimum Gasteiger partial charge on any atom is -0.489 e. The van der Waals surface area contributed by atoms with Crippen LogP contribution in [0.5, 0.6) is 5.75 Å². The van der Waals surface area contributed by atoms with Crippen LogP contribution < -0.4 is 15.4 Å². The van der Waals surface area contributed by atoms with E-state index in [1.54, 1.807) is 6.20 Å². The molecule has 0 spiro atoms. The van der Waals surface area contributed by atoms with Crippen LogP contribution in [0.3, 0.4) is 0 Å². The second kappa shape index (κ2) is 5.78. The molecule has 4 rings (SSSR count). The lowest BCUT2D eigenvalue weighted by molar-refractivity contribution is -0.127. The number of hydrogen-bond acceptors (Lipinski definition) is 4. The fourth-order valence-corrected chi connectivity index (χ4v) is 4.12. The number of aromatic nitrogens is 1. The molecule has 1 aliphatic heterocycles. The Morgan fingerprint density at radius 1 is 1.39 bits per heavy atom. The molecule has 3 fully saturated rings. The smallest absolute Gasteiger partial charge is 0.228 e. The highest BCUT2D eigenvalue weighted by Gasteiger charge is 2.62. The van der Waals surface area contributed by atoms with Gasteiger partial charge in [0.25, 0.3) is 0 Å². The highest BCUT2D eigenvalue weighted by Crippen LogP contribution is 2.55. The maximum Gasteiger partial charge on any atom is 0.228 e. The third-order valence-electron chi connectivity index (χ3n) is 5.78. The number of fused-ring (bicyclic) bond motifs is 1. The van der Waals surface area contributed by atoms with Crippen LogP contribution in [0, 0.1) is 18.3 Å². The van der Waals surface area contributed by atoms with E-state index in [0.29, 0.717) is 12.0 Å². The highest BCUT2D eigenvalue weighted by atomic mass is 16.5. The molecule has 2 atom stereocenters. The Morgan fingerprint density at radius 2 is 2.22 bits per heavy atom. The number of nitrogens with one attached hydrogen (secondary N) is 2. The quantitative estimate of drug-likeness (QED) is 0.889. The molecular weight excluding hydrogens is 290 g/mol. The number of ether oxygens (including phenoxy) is 1. The minimum absolute atomic E-state index is 0.0693. The predicted molar refractivity (Wildman–Crippen MR) is 87.2 cm³/mol. The Bertz CT molecular complexity index is 598. The Balaban J connectivity index is 1.26. The lowest BCUT2D eigenvalue weighted by atomic mass is 9.92. The van der Waals surface area contributed by atoms with E-state index in [0.717, 1.165) is 56.6 Å². The zero-order valence-electron chi connectivity index (χ0n) is 13.7. The number of piperidine rings is 1. The molecule has 2 saturated carbocycles. The molecule has 0 unspecified atom stereocenters. The van der Waals surface area contributed by atoms with E-state index in [2.05, 4.69) is 15.6 Å². The summed E-state index contributed by atoms with van der Waals surface area (Å²) >= 11 is 0. The summed E-state index contributed by atoms with van der Waals surface area (Å²) in [7, 11) is 0. The SMILES string of the molecule is Cc1ncccc1OC1CCC(NC(=O)[C@@]23CNC[C@@H]2C3)CC1. The number of hydrogen-bond donors (Lipinski definition) is 2. The van der Waals surface area contributed by atoms with Crippen molar-refractivity contribution < 1.29 is 9.53 Å². The maximum atomic E-state index is 12.5. The van der Waals surface area contributed by atoms with Gasteiger partial charge in [-0.15, -0.1) is 0 Å². The lowest BCUT2D eigenvalue weighted by Crippen LogP contribution is -2.44. The van der Waals surface area contributed by atoms with Crippen molar-refractivity contribution in [1.82, 2.24) is 15.6 Å². The molecule has 3 aliphatic rings. The van der Waals surface area contributed by atoms with Gasteiger partial charge in [0.15, 0.2) is 0 Å². The second-order valence-corrected chi connectivity index (χ2v) is 7.34. The van der Waals surface area contributed by atoms with Gasteiger partial charge in [-0.3, -0.25) is 9.78 Å². The summed E-state index contributed by atoms with van der Waals surface area (Å²) < 4.78 is 6.08. The fourth-order valence-electron chi connectivity index (χ4n) is 4.12. The van der Waals surface area contributed by atoms with E-state index >= 15 is 0 Å². The van der Waals surface area contributed by atoms with Gasteiger partial charge in [0.2, 0.25) is 5.91 Å². The first-order valence-corrected chi connectivity index (χ1v) is 8.77. The lowest BCUT2D eigenvalue weighted by Gasteiger charge is -2.30. The number of carbonyl (C=O) groups excluding carboxylic acids is 1. The van der Waals surface area contributed by atoms with Crippen molar-refractivity contribution in [3.05, 3.63) is 24.0 Å². The van der Waals surface area contributed by atoms with Crippen molar-refractivity contribution >= 4 is 5.91 Å². The van der Waals surface area contributed by atoms with Crippen molar-refractivity contribution in [2.24, 2.45) is 11.3 Å². The summed E-state index contributed by atoms with van der Waals surface area (Å²) in [6.07, 6.45) is 7.10. The van der Waals surface area contributed by atoms with Crippen LogP contribution in [0.1, 0.15) is 37.8 Å². The van der Waals surface area contributed by atoms with Crippen molar-refractivity contribution in [2.45, 2.75) is 51.2 Å². The van der Waals surface area contributed by atoms with E-state index in [1.165, 1.54) is 0 Å². The molecule has 1 aromatic rings. The summed E-state index contributed by atoms with van der Waals surface area (Å²) in [6.45, 7) is 3.85. The van der Waals surface area contributed by atoms with Crippen LogP contribution in [-0.2, 0) is 4.79 Å². The zero-order chi connectivity index (χ0) is 15.9. The molecule has 2 aliphatic carbocycles. The summed E-state index contributed by atoms with van der Waals surface area (Å²) in [5, 5.41) is 6.63.